The summed E-state index contributed by atoms with van der Waals surface area (Å²) in [7, 11) is 0. The van der Waals surface area contributed by atoms with Crippen molar-refractivity contribution in [3.63, 3.8) is 0 Å². The van der Waals surface area contributed by atoms with Crippen molar-refractivity contribution < 1.29 is 0 Å². The van der Waals surface area contributed by atoms with Gasteiger partial charge in [-0.3, -0.25) is 4.98 Å². The highest BCUT2D eigenvalue weighted by Crippen LogP contribution is 2.56. The van der Waals surface area contributed by atoms with E-state index in [2.05, 4.69) is 107 Å². The molecule has 0 radical (unpaired) electrons. The van der Waals surface area contributed by atoms with Crippen molar-refractivity contribution in [1.82, 2.24) is 4.98 Å². The lowest BCUT2D eigenvalue weighted by Gasteiger charge is -2.24. The van der Waals surface area contributed by atoms with Gasteiger partial charge >= 0.3 is 0 Å². The molecule has 5 aromatic carbocycles. The van der Waals surface area contributed by atoms with Crippen LogP contribution in [0.2, 0.25) is 0 Å². The summed E-state index contributed by atoms with van der Waals surface area (Å²) in [6, 6.07) is 27.8. The molecule has 1 nitrogen and oxygen atoms in total. The second kappa shape index (κ2) is 5.91. The molecule has 2 aliphatic carbocycles. The van der Waals surface area contributed by atoms with Gasteiger partial charge in [-0.2, -0.15) is 0 Å². The largest absolute Gasteiger partial charge is 0.253 e. The second-order valence-electron chi connectivity index (χ2n) is 11.7. The summed E-state index contributed by atoms with van der Waals surface area (Å²) in [5, 5.41) is 8.17. The molecule has 0 fully saturated rings. The Hall–Kier alpha value is -3.71. The van der Waals surface area contributed by atoms with Crippen LogP contribution in [0.4, 0.5) is 0 Å². The van der Waals surface area contributed by atoms with Gasteiger partial charge in [0.15, 0.2) is 0 Å². The second-order valence-corrected chi connectivity index (χ2v) is 11.7. The number of pyridine rings is 1. The van der Waals surface area contributed by atoms with Gasteiger partial charge in [-0.1, -0.05) is 82.3 Å². The summed E-state index contributed by atoms with van der Waals surface area (Å²) in [5.41, 5.74) is 11.9. The Morgan fingerprint density at radius 2 is 1.17 bits per heavy atom. The molecule has 0 saturated carbocycles. The van der Waals surface area contributed by atoms with Crippen LogP contribution in [0.25, 0.3) is 54.7 Å². The van der Waals surface area contributed by atoms with Crippen LogP contribution in [0.15, 0.2) is 72.8 Å². The normalized spacial score (nSPS) is 16.6. The average molecular weight is 450 g/mol. The predicted molar refractivity (Wildman–Crippen MR) is 148 cm³/mol. The summed E-state index contributed by atoms with van der Waals surface area (Å²) >= 11 is 0. The molecular weight excluding hydrogens is 422 g/mol. The Morgan fingerprint density at radius 3 is 1.89 bits per heavy atom. The van der Waals surface area contributed by atoms with Crippen molar-refractivity contribution >= 4 is 32.3 Å². The topological polar surface area (TPSA) is 12.9 Å². The van der Waals surface area contributed by atoms with Crippen molar-refractivity contribution in [1.29, 1.82) is 0 Å². The smallest absolute Gasteiger partial charge is 0.0755 e. The molecule has 0 saturated heterocycles. The zero-order chi connectivity index (χ0) is 23.9. The molecule has 168 valence electrons. The predicted octanol–water partition coefficient (Wildman–Crippen LogP) is 8.90. The highest BCUT2D eigenvalue weighted by molar-refractivity contribution is 6.29. The zero-order valence-corrected chi connectivity index (χ0v) is 20.9. The summed E-state index contributed by atoms with van der Waals surface area (Å²) < 4.78 is 0. The first kappa shape index (κ1) is 19.6. The number of aromatic nitrogens is 1. The van der Waals surface area contributed by atoms with Crippen LogP contribution in [0.3, 0.4) is 0 Å². The molecule has 6 aromatic rings. The maximum Gasteiger partial charge on any atom is 0.0755 e. The number of hydrogen-bond donors (Lipinski definition) is 0. The summed E-state index contributed by atoms with van der Waals surface area (Å²) in [6.45, 7) is 11.5. The zero-order valence-electron chi connectivity index (χ0n) is 20.9. The van der Waals surface area contributed by atoms with Crippen molar-refractivity contribution in [2.45, 2.75) is 45.4 Å². The van der Waals surface area contributed by atoms with Gasteiger partial charge in [-0.15, -0.1) is 0 Å². The van der Waals surface area contributed by atoms with E-state index >= 15 is 0 Å². The number of fused-ring (bicyclic) bond motifs is 8. The van der Waals surface area contributed by atoms with Crippen LogP contribution in [0.5, 0.6) is 0 Å². The SMILES string of the molecule is Cc1ccc2c(n1)-c1c(cc3ccc4c5c(cc6ccc1c3c64)C(C)(C)c1ccccc1-5)C2(C)C. The number of hydrogen-bond acceptors (Lipinski definition) is 1. The molecule has 0 N–H and O–H groups in total. The van der Waals surface area contributed by atoms with Crippen LogP contribution < -0.4 is 0 Å². The van der Waals surface area contributed by atoms with Gasteiger partial charge in [0.05, 0.1) is 5.69 Å². The Labute approximate surface area is 205 Å². The quantitative estimate of drug-likeness (QED) is 0.211. The van der Waals surface area contributed by atoms with E-state index in [0.717, 1.165) is 5.69 Å². The first-order chi connectivity index (χ1) is 16.8. The molecule has 0 amide bonds. The molecule has 1 heteroatoms. The fourth-order valence-electron chi connectivity index (χ4n) is 7.27. The minimum absolute atomic E-state index is 0.00202. The van der Waals surface area contributed by atoms with E-state index in [1.807, 2.05) is 0 Å². The highest BCUT2D eigenvalue weighted by Gasteiger charge is 2.40. The Balaban J connectivity index is 1.58. The molecule has 1 heterocycles. The van der Waals surface area contributed by atoms with Crippen molar-refractivity contribution in [2.75, 3.05) is 0 Å². The maximum absolute atomic E-state index is 5.08. The van der Waals surface area contributed by atoms with Crippen molar-refractivity contribution in [3.8, 4) is 22.4 Å². The van der Waals surface area contributed by atoms with Gasteiger partial charge in [0.2, 0.25) is 0 Å². The van der Waals surface area contributed by atoms with E-state index in [9.17, 15) is 0 Å². The van der Waals surface area contributed by atoms with Gasteiger partial charge in [0.1, 0.15) is 0 Å². The lowest BCUT2D eigenvalue weighted by Crippen LogP contribution is -2.15. The summed E-state index contributed by atoms with van der Waals surface area (Å²) in [6.07, 6.45) is 0. The van der Waals surface area contributed by atoms with Crippen LogP contribution in [0.1, 0.15) is 55.6 Å². The van der Waals surface area contributed by atoms with E-state index in [1.165, 1.54) is 77.0 Å². The van der Waals surface area contributed by atoms with Gasteiger partial charge in [0, 0.05) is 22.1 Å². The first-order valence-electron chi connectivity index (χ1n) is 12.7. The third-order valence-corrected chi connectivity index (χ3v) is 9.06. The van der Waals surface area contributed by atoms with Crippen LogP contribution >= 0.6 is 0 Å². The Bertz CT molecular complexity index is 1900. The fourth-order valence-corrected chi connectivity index (χ4v) is 7.27. The maximum atomic E-state index is 5.08. The van der Waals surface area contributed by atoms with Gasteiger partial charge < -0.3 is 0 Å². The summed E-state index contributed by atoms with van der Waals surface area (Å²) in [4.78, 5) is 5.08. The van der Waals surface area contributed by atoms with E-state index < -0.39 is 0 Å². The number of rotatable bonds is 0. The third kappa shape index (κ3) is 2.15. The molecule has 0 bridgehead atoms. The fraction of sp³-hybridized carbons (Fsp3) is 0.206. The lowest BCUT2D eigenvalue weighted by atomic mass is 9.79. The highest BCUT2D eigenvalue weighted by atomic mass is 14.7. The van der Waals surface area contributed by atoms with Crippen LogP contribution in [0, 0.1) is 6.92 Å². The van der Waals surface area contributed by atoms with Crippen LogP contribution in [-0.4, -0.2) is 4.98 Å². The van der Waals surface area contributed by atoms with Crippen LogP contribution in [-0.2, 0) is 10.8 Å². The Kier molecular flexibility index (Phi) is 3.31. The standard InChI is InChI=1S/C34H27N/c1-18-10-15-25-32(35-18)31-23-14-12-19-16-26-30(21-8-6-7-9-24(21)33(26,2)3)22-13-11-20(29(23)28(19)22)17-27(31)34(25,4)5/h6-17H,1-5H3. The van der Waals surface area contributed by atoms with Gasteiger partial charge in [-0.05, 0) is 90.8 Å². The molecule has 0 aliphatic heterocycles. The Morgan fingerprint density at radius 1 is 0.571 bits per heavy atom. The molecule has 8 rings (SSSR count). The molecule has 1 aromatic heterocycles. The average Bonchev–Trinajstić information content (AvgIpc) is 3.21. The number of nitrogens with zero attached hydrogens (tertiary/aromatic N) is 1. The number of aryl methyl sites for hydroxylation is 1. The first-order valence-corrected chi connectivity index (χ1v) is 12.7. The van der Waals surface area contributed by atoms with Gasteiger partial charge in [0.25, 0.3) is 0 Å². The van der Waals surface area contributed by atoms with E-state index in [0.29, 0.717) is 0 Å². The third-order valence-electron chi connectivity index (χ3n) is 9.06. The van der Waals surface area contributed by atoms with E-state index in [-0.39, 0.29) is 10.8 Å². The van der Waals surface area contributed by atoms with Crippen molar-refractivity contribution in [2.24, 2.45) is 0 Å². The molecule has 0 spiro atoms. The minimum Gasteiger partial charge on any atom is -0.253 e. The minimum atomic E-state index is -0.0555. The molecule has 2 aliphatic rings. The summed E-state index contributed by atoms with van der Waals surface area (Å²) in [5.74, 6) is 0. The lowest BCUT2D eigenvalue weighted by molar-refractivity contribution is 0.659. The van der Waals surface area contributed by atoms with Gasteiger partial charge in [-0.25, -0.2) is 0 Å². The number of benzene rings is 5. The molecule has 0 unspecified atom stereocenters. The molecule has 0 atom stereocenters. The monoisotopic (exact) mass is 449 g/mol. The van der Waals surface area contributed by atoms with Crippen molar-refractivity contribution in [3.05, 3.63) is 101 Å². The van der Waals surface area contributed by atoms with E-state index in [1.54, 1.807) is 0 Å². The molecule has 35 heavy (non-hydrogen) atoms. The molecular formula is C34H27N. The van der Waals surface area contributed by atoms with E-state index in [4.69, 9.17) is 4.98 Å².